The molecule has 7 heteroatoms. The fraction of sp³-hybridized carbons (Fsp3) is 0.833. The molecule has 1 atom stereocenters. The van der Waals surface area contributed by atoms with Gasteiger partial charge < -0.3 is 15.2 Å². The lowest BCUT2D eigenvalue weighted by molar-refractivity contribution is 0.438. The number of nitrogens with zero attached hydrogens (tertiary/aromatic N) is 4. The molecule has 0 saturated heterocycles. The summed E-state index contributed by atoms with van der Waals surface area (Å²) in [5.74, 6) is 1.68. The molecule has 0 aliphatic carbocycles. The summed E-state index contributed by atoms with van der Waals surface area (Å²) >= 11 is 0. The minimum Gasteiger partial charge on any atom is -0.357 e. The Morgan fingerprint density at radius 1 is 1.00 bits per heavy atom. The van der Waals surface area contributed by atoms with Gasteiger partial charge in [0.25, 0.3) is 0 Å². The van der Waals surface area contributed by atoms with E-state index in [4.69, 9.17) is 4.99 Å². The molecule has 0 aliphatic heterocycles. The fourth-order valence-electron chi connectivity index (χ4n) is 2.75. The van der Waals surface area contributed by atoms with Gasteiger partial charge in [-0.3, -0.25) is 4.99 Å². The number of nitrogens with one attached hydrogen (secondary N) is 2. The Hall–Kier alpha value is -0.860. The van der Waals surface area contributed by atoms with Gasteiger partial charge in [-0.1, -0.05) is 33.1 Å². The number of hydrogen-bond donors (Lipinski definition) is 2. The molecular formula is C18H37IN6. The lowest BCUT2D eigenvalue weighted by Gasteiger charge is -2.16. The van der Waals surface area contributed by atoms with E-state index in [1.54, 1.807) is 12.7 Å². The van der Waals surface area contributed by atoms with Crippen LogP contribution in [-0.4, -0.2) is 40.4 Å². The third kappa shape index (κ3) is 12.2. The Morgan fingerprint density at radius 2 is 1.76 bits per heavy atom. The van der Waals surface area contributed by atoms with Crippen molar-refractivity contribution in [1.82, 2.24) is 25.4 Å². The van der Waals surface area contributed by atoms with Crippen LogP contribution in [0.25, 0.3) is 0 Å². The Morgan fingerprint density at radius 3 is 2.40 bits per heavy atom. The third-order valence-corrected chi connectivity index (χ3v) is 4.12. The molecule has 1 rings (SSSR count). The van der Waals surface area contributed by atoms with Gasteiger partial charge in [-0.05, 0) is 38.5 Å². The minimum absolute atomic E-state index is 0. The number of aliphatic imine (C=N–C) groups is 1. The molecule has 0 saturated carbocycles. The number of hydrogen-bond acceptors (Lipinski definition) is 3. The van der Waals surface area contributed by atoms with Crippen LogP contribution in [0, 0.1) is 5.92 Å². The molecule has 0 fully saturated rings. The summed E-state index contributed by atoms with van der Waals surface area (Å²) in [5, 5.41) is 14.4. The van der Waals surface area contributed by atoms with Crippen molar-refractivity contribution in [1.29, 1.82) is 0 Å². The highest BCUT2D eigenvalue weighted by molar-refractivity contribution is 14.0. The molecule has 0 aliphatic rings. The van der Waals surface area contributed by atoms with Crippen LogP contribution in [0.5, 0.6) is 0 Å². The first kappa shape index (κ1) is 24.1. The Balaban J connectivity index is 0.00000576. The number of guanidine groups is 1. The van der Waals surface area contributed by atoms with Gasteiger partial charge in [0.1, 0.15) is 12.7 Å². The molecule has 0 aromatic carbocycles. The van der Waals surface area contributed by atoms with Crippen LogP contribution >= 0.6 is 24.0 Å². The predicted octanol–water partition coefficient (Wildman–Crippen LogP) is 3.84. The quantitative estimate of drug-likeness (QED) is 0.202. The number of aromatic nitrogens is 3. The highest BCUT2D eigenvalue weighted by Gasteiger charge is 2.07. The molecule has 6 nitrogen and oxygen atoms in total. The van der Waals surface area contributed by atoms with Crippen molar-refractivity contribution in [2.45, 2.75) is 72.3 Å². The molecule has 1 unspecified atom stereocenters. The average molecular weight is 464 g/mol. The molecule has 1 heterocycles. The minimum atomic E-state index is 0. The van der Waals surface area contributed by atoms with Gasteiger partial charge in [-0.2, -0.15) is 0 Å². The highest BCUT2D eigenvalue weighted by Crippen LogP contribution is 2.15. The maximum atomic E-state index is 4.80. The summed E-state index contributed by atoms with van der Waals surface area (Å²) in [6.07, 6.45) is 12.2. The molecule has 2 N–H and O–H groups in total. The largest absolute Gasteiger partial charge is 0.357 e. The van der Waals surface area contributed by atoms with Crippen LogP contribution in [0.1, 0.15) is 65.7 Å². The summed E-state index contributed by atoms with van der Waals surface area (Å²) in [5.41, 5.74) is 0. The monoisotopic (exact) mass is 464 g/mol. The second-order valence-corrected chi connectivity index (χ2v) is 6.35. The van der Waals surface area contributed by atoms with Crippen LogP contribution in [-0.2, 0) is 6.54 Å². The van der Waals surface area contributed by atoms with E-state index < -0.39 is 0 Å². The molecule has 146 valence electrons. The molecule has 0 amide bonds. The standard InChI is InChI=1S/C18H36N6.HI/c1-4-7-11-17(10-5-2)14-21-18(19-6-3)20-12-8-9-13-24-15-22-23-16-24;/h15-17H,4-14H2,1-3H3,(H2,19,20,21);1H. The van der Waals surface area contributed by atoms with E-state index in [1.807, 2.05) is 4.57 Å². The SMILES string of the molecule is CCCCC(CCC)CN=C(NCC)NCCCCn1cnnc1.I. The van der Waals surface area contributed by atoms with Gasteiger partial charge in [-0.25, -0.2) is 0 Å². The summed E-state index contributed by atoms with van der Waals surface area (Å²) in [6.45, 7) is 10.4. The Bertz CT molecular complexity index is 421. The topological polar surface area (TPSA) is 67.1 Å². The van der Waals surface area contributed by atoms with Crippen molar-refractivity contribution in [3.8, 4) is 0 Å². The first-order valence-corrected chi connectivity index (χ1v) is 9.64. The molecule has 1 aromatic heterocycles. The van der Waals surface area contributed by atoms with Gasteiger partial charge in [0.2, 0.25) is 0 Å². The normalized spacial score (nSPS) is 12.5. The number of aryl methyl sites for hydroxylation is 1. The van der Waals surface area contributed by atoms with Crippen LogP contribution in [0.4, 0.5) is 0 Å². The second-order valence-electron chi connectivity index (χ2n) is 6.35. The van der Waals surface area contributed by atoms with Crippen molar-refractivity contribution < 1.29 is 0 Å². The van der Waals surface area contributed by atoms with Gasteiger partial charge >= 0.3 is 0 Å². The van der Waals surface area contributed by atoms with Gasteiger partial charge in [0.15, 0.2) is 5.96 Å². The number of rotatable bonds is 13. The Kier molecular flexibility index (Phi) is 16.0. The lowest BCUT2D eigenvalue weighted by Crippen LogP contribution is -2.38. The second kappa shape index (κ2) is 16.6. The maximum Gasteiger partial charge on any atom is 0.191 e. The van der Waals surface area contributed by atoms with E-state index in [2.05, 4.69) is 41.6 Å². The van der Waals surface area contributed by atoms with Gasteiger partial charge in [0.05, 0.1) is 0 Å². The van der Waals surface area contributed by atoms with Crippen LogP contribution in [0.15, 0.2) is 17.6 Å². The maximum absolute atomic E-state index is 4.80. The summed E-state index contributed by atoms with van der Waals surface area (Å²) in [4.78, 5) is 4.80. The first-order valence-electron chi connectivity index (χ1n) is 9.64. The molecule has 1 aromatic rings. The molecule has 25 heavy (non-hydrogen) atoms. The zero-order valence-corrected chi connectivity index (χ0v) is 18.5. The molecule has 0 radical (unpaired) electrons. The zero-order chi connectivity index (χ0) is 17.5. The van der Waals surface area contributed by atoms with Crippen molar-refractivity contribution in [2.75, 3.05) is 19.6 Å². The summed E-state index contributed by atoms with van der Waals surface area (Å²) in [7, 11) is 0. The Labute approximate surface area is 170 Å². The van der Waals surface area contributed by atoms with Crippen LogP contribution < -0.4 is 10.6 Å². The number of halogens is 1. The van der Waals surface area contributed by atoms with Crippen molar-refractivity contribution >= 4 is 29.9 Å². The van der Waals surface area contributed by atoms with Crippen molar-refractivity contribution in [3.63, 3.8) is 0 Å². The first-order chi connectivity index (χ1) is 11.8. The zero-order valence-electron chi connectivity index (χ0n) is 16.2. The van der Waals surface area contributed by atoms with E-state index in [0.717, 1.165) is 50.9 Å². The average Bonchev–Trinajstić information content (AvgIpc) is 3.10. The predicted molar refractivity (Wildman–Crippen MR) is 117 cm³/mol. The van der Waals surface area contributed by atoms with Gasteiger partial charge in [0, 0.05) is 26.2 Å². The van der Waals surface area contributed by atoms with Crippen LogP contribution in [0.2, 0.25) is 0 Å². The highest BCUT2D eigenvalue weighted by atomic mass is 127. The number of unbranched alkanes of at least 4 members (excludes halogenated alkanes) is 2. The fourth-order valence-corrected chi connectivity index (χ4v) is 2.75. The lowest BCUT2D eigenvalue weighted by atomic mass is 9.97. The van der Waals surface area contributed by atoms with E-state index in [0.29, 0.717) is 0 Å². The van der Waals surface area contributed by atoms with E-state index in [1.165, 1.54) is 32.1 Å². The van der Waals surface area contributed by atoms with E-state index in [9.17, 15) is 0 Å². The molecular weight excluding hydrogens is 427 g/mol. The van der Waals surface area contributed by atoms with E-state index >= 15 is 0 Å². The third-order valence-electron chi connectivity index (χ3n) is 4.12. The summed E-state index contributed by atoms with van der Waals surface area (Å²) < 4.78 is 2.02. The molecule has 0 spiro atoms. The summed E-state index contributed by atoms with van der Waals surface area (Å²) in [6, 6.07) is 0. The molecule has 0 bridgehead atoms. The smallest absolute Gasteiger partial charge is 0.191 e. The van der Waals surface area contributed by atoms with E-state index in [-0.39, 0.29) is 24.0 Å². The van der Waals surface area contributed by atoms with Crippen LogP contribution in [0.3, 0.4) is 0 Å². The van der Waals surface area contributed by atoms with Crippen molar-refractivity contribution in [2.24, 2.45) is 10.9 Å². The van der Waals surface area contributed by atoms with Gasteiger partial charge in [-0.15, -0.1) is 34.2 Å². The van der Waals surface area contributed by atoms with Crippen molar-refractivity contribution in [3.05, 3.63) is 12.7 Å².